The number of ether oxygens (including phenoxy) is 1. The van der Waals surface area contributed by atoms with E-state index in [0.29, 0.717) is 21.1 Å². The summed E-state index contributed by atoms with van der Waals surface area (Å²) in [6.07, 6.45) is -3.85. The molecule has 4 aromatic rings. The summed E-state index contributed by atoms with van der Waals surface area (Å²) in [5.41, 5.74) is -0.491. The molecule has 0 bridgehead atoms. The maximum Gasteiger partial charge on any atom is 0.434 e. The number of nitrogens with one attached hydrogen (secondary N) is 1. The number of hydrogen-bond donors (Lipinski definition) is 1. The number of para-hydroxylation sites is 1. The van der Waals surface area contributed by atoms with Crippen LogP contribution in [0.1, 0.15) is 16.1 Å². The van der Waals surface area contributed by atoms with E-state index < -0.39 is 23.3 Å². The lowest BCUT2D eigenvalue weighted by atomic mass is 10.2. The number of fused-ring (bicyclic) bond motifs is 1. The van der Waals surface area contributed by atoms with Gasteiger partial charge in [-0.3, -0.25) is 4.79 Å². The Labute approximate surface area is 166 Å². The quantitative estimate of drug-likeness (QED) is 0.519. The van der Waals surface area contributed by atoms with Crippen LogP contribution in [-0.2, 0) is 6.18 Å². The molecule has 2 aromatic heterocycles. The second-order valence-corrected chi connectivity index (χ2v) is 6.97. The van der Waals surface area contributed by atoms with Crippen LogP contribution in [0, 0.1) is 0 Å². The van der Waals surface area contributed by atoms with Crippen LogP contribution in [0.25, 0.3) is 15.9 Å². The third-order valence-corrected chi connectivity index (χ3v) is 5.06. The van der Waals surface area contributed by atoms with Gasteiger partial charge in [0.15, 0.2) is 5.69 Å². The van der Waals surface area contributed by atoms with Gasteiger partial charge in [0.25, 0.3) is 11.1 Å². The number of amides is 1. The molecule has 1 amide bonds. The number of halogens is 3. The highest BCUT2D eigenvalue weighted by Gasteiger charge is 2.40. The van der Waals surface area contributed by atoms with Crippen LogP contribution in [0.5, 0.6) is 5.19 Å². The summed E-state index contributed by atoms with van der Waals surface area (Å²) in [6.45, 7) is 0. The Morgan fingerprint density at radius 3 is 2.62 bits per heavy atom. The molecule has 0 saturated heterocycles. The summed E-state index contributed by atoms with van der Waals surface area (Å²) in [5, 5.41) is 6.74. The molecule has 6 nitrogen and oxygen atoms in total. The minimum atomic E-state index is -4.77. The van der Waals surface area contributed by atoms with Gasteiger partial charge < -0.3 is 10.1 Å². The van der Waals surface area contributed by atoms with Crippen molar-refractivity contribution < 1.29 is 22.7 Å². The number of carbonyl (C=O) groups is 1. The fourth-order valence-corrected chi connectivity index (χ4v) is 3.64. The molecule has 10 heteroatoms. The number of thiazole rings is 1. The number of hydrogen-bond acceptors (Lipinski definition) is 5. The van der Waals surface area contributed by atoms with Gasteiger partial charge in [-0.15, -0.1) is 0 Å². The summed E-state index contributed by atoms with van der Waals surface area (Å²) in [4.78, 5) is 16.8. The van der Waals surface area contributed by atoms with E-state index in [9.17, 15) is 18.0 Å². The van der Waals surface area contributed by atoms with E-state index >= 15 is 0 Å². The molecule has 4 rings (SSSR count). The van der Waals surface area contributed by atoms with E-state index in [1.165, 1.54) is 30.6 Å². The lowest BCUT2D eigenvalue weighted by molar-refractivity contribution is -0.143. The minimum Gasteiger partial charge on any atom is -0.473 e. The molecule has 0 aliphatic heterocycles. The number of benzene rings is 2. The number of carbonyl (C=O) groups excluding carboxylic acids is 1. The molecule has 0 atom stereocenters. The van der Waals surface area contributed by atoms with Crippen molar-refractivity contribution in [1.29, 1.82) is 0 Å². The van der Waals surface area contributed by atoms with E-state index in [4.69, 9.17) is 4.74 Å². The molecule has 0 spiro atoms. The van der Waals surface area contributed by atoms with Gasteiger partial charge in [-0.2, -0.15) is 18.3 Å². The third kappa shape index (κ3) is 3.66. The maximum atomic E-state index is 13.7. The molecule has 0 aliphatic carbocycles. The highest BCUT2D eigenvalue weighted by atomic mass is 32.1. The van der Waals surface area contributed by atoms with Crippen molar-refractivity contribution in [3.8, 4) is 10.9 Å². The van der Waals surface area contributed by atoms with Crippen LogP contribution in [0.3, 0.4) is 0 Å². The Bertz CT molecular complexity index is 1190. The molecular weight excluding hydrogens is 405 g/mol. The van der Waals surface area contributed by atoms with Gasteiger partial charge in [0, 0.05) is 5.69 Å². The van der Waals surface area contributed by atoms with E-state index in [1.807, 2.05) is 0 Å². The maximum absolute atomic E-state index is 13.7. The zero-order valence-electron chi connectivity index (χ0n) is 14.9. The second kappa shape index (κ2) is 7.21. The van der Waals surface area contributed by atoms with E-state index in [2.05, 4.69) is 15.4 Å². The SMILES string of the molecule is COc1nc2ccc(NC(=O)c3cnn(-c4ccccc4)c3C(F)(F)F)cc2s1. The van der Waals surface area contributed by atoms with Gasteiger partial charge in [-0.25, -0.2) is 9.67 Å². The molecule has 0 saturated carbocycles. The first-order valence-electron chi connectivity index (χ1n) is 8.33. The van der Waals surface area contributed by atoms with Crippen molar-refractivity contribution in [3.05, 3.63) is 66.0 Å². The average molecular weight is 418 g/mol. The van der Waals surface area contributed by atoms with Crippen LogP contribution in [0.15, 0.2) is 54.7 Å². The molecule has 0 fully saturated rings. The molecule has 29 heavy (non-hydrogen) atoms. The third-order valence-electron chi connectivity index (χ3n) is 4.08. The predicted molar refractivity (Wildman–Crippen MR) is 103 cm³/mol. The Balaban J connectivity index is 1.69. The normalized spacial score (nSPS) is 11.6. The summed E-state index contributed by atoms with van der Waals surface area (Å²) in [6, 6.07) is 12.7. The monoisotopic (exact) mass is 418 g/mol. The highest BCUT2D eigenvalue weighted by Crippen LogP contribution is 2.34. The van der Waals surface area contributed by atoms with Gasteiger partial charge in [0.1, 0.15) is 0 Å². The number of aromatic nitrogens is 3. The van der Waals surface area contributed by atoms with Crippen molar-refractivity contribution in [2.75, 3.05) is 12.4 Å². The smallest absolute Gasteiger partial charge is 0.434 e. The number of rotatable bonds is 4. The van der Waals surface area contributed by atoms with Crippen LogP contribution in [-0.4, -0.2) is 27.8 Å². The molecule has 148 valence electrons. The second-order valence-electron chi connectivity index (χ2n) is 5.97. The van der Waals surface area contributed by atoms with E-state index in [0.717, 1.165) is 10.9 Å². The van der Waals surface area contributed by atoms with Crippen molar-refractivity contribution in [3.63, 3.8) is 0 Å². The van der Waals surface area contributed by atoms with Crippen LogP contribution in [0.2, 0.25) is 0 Å². The standard InChI is InChI=1S/C19H13F3N4O2S/c1-28-18-25-14-8-7-11(9-15(14)29-18)24-17(27)13-10-23-26(16(13)19(20,21)22)12-5-3-2-4-6-12/h2-10H,1H3,(H,24,27). The first-order valence-corrected chi connectivity index (χ1v) is 9.15. The number of methoxy groups -OCH3 is 1. The predicted octanol–water partition coefficient (Wildman–Crippen LogP) is 4.76. The van der Waals surface area contributed by atoms with Gasteiger partial charge >= 0.3 is 6.18 Å². The van der Waals surface area contributed by atoms with E-state index in [1.54, 1.807) is 36.4 Å². The molecule has 0 radical (unpaired) electrons. The Morgan fingerprint density at radius 2 is 1.93 bits per heavy atom. The fraction of sp³-hybridized carbons (Fsp3) is 0.105. The Kier molecular flexibility index (Phi) is 4.71. The molecule has 0 unspecified atom stereocenters. The van der Waals surface area contributed by atoms with Crippen molar-refractivity contribution in [1.82, 2.24) is 14.8 Å². The minimum absolute atomic E-state index is 0.206. The zero-order valence-corrected chi connectivity index (χ0v) is 15.7. The lowest BCUT2D eigenvalue weighted by Crippen LogP contribution is -2.20. The van der Waals surface area contributed by atoms with Gasteiger partial charge in [-0.05, 0) is 30.3 Å². The highest BCUT2D eigenvalue weighted by molar-refractivity contribution is 7.20. The average Bonchev–Trinajstić information content (AvgIpc) is 3.32. The molecular formula is C19H13F3N4O2S. The van der Waals surface area contributed by atoms with Gasteiger partial charge in [0.05, 0.1) is 34.8 Å². The Morgan fingerprint density at radius 1 is 1.17 bits per heavy atom. The van der Waals surface area contributed by atoms with Crippen molar-refractivity contribution in [2.24, 2.45) is 0 Å². The molecule has 0 aliphatic rings. The summed E-state index contributed by atoms with van der Waals surface area (Å²) >= 11 is 1.26. The molecule has 1 N–H and O–H groups in total. The van der Waals surface area contributed by atoms with Crippen molar-refractivity contribution in [2.45, 2.75) is 6.18 Å². The largest absolute Gasteiger partial charge is 0.473 e. The fourth-order valence-electron chi connectivity index (χ4n) is 2.82. The summed E-state index contributed by atoms with van der Waals surface area (Å²) < 4.78 is 47.7. The zero-order chi connectivity index (χ0) is 20.6. The Hall–Kier alpha value is -3.40. The van der Waals surface area contributed by atoms with Crippen molar-refractivity contribution >= 4 is 33.1 Å². The lowest BCUT2D eigenvalue weighted by Gasteiger charge is -2.13. The van der Waals surface area contributed by atoms with E-state index in [-0.39, 0.29) is 5.69 Å². The summed E-state index contributed by atoms with van der Waals surface area (Å²) in [7, 11) is 1.49. The molecule has 2 heterocycles. The van der Waals surface area contributed by atoms with Crippen LogP contribution >= 0.6 is 11.3 Å². The first-order chi connectivity index (χ1) is 13.9. The number of anilines is 1. The van der Waals surface area contributed by atoms with Gasteiger partial charge in [0.2, 0.25) is 0 Å². The number of nitrogens with zero attached hydrogens (tertiary/aromatic N) is 3. The summed E-state index contributed by atoms with van der Waals surface area (Å²) in [5.74, 6) is -0.907. The first kappa shape index (κ1) is 18.9. The number of alkyl halides is 3. The topological polar surface area (TPSA) is 69.0 Å². The molecule has 2 aromatic carbocycles. The van der Waals surface area contributed by atoms with Gasteiger partial charge in [-0.1, -0.05) is 29.5 Å². The van der Waals surface area contributed by atoms with Crippen LogP contribution < -0.4 is 10.1 Å². The van der Waals surface area contributed by atoms with Crippen LogP contribution in [0.4, 0.5) is 18.9 Å².